The Morgan fingerprint density at radius 1 is 1.60 bits per heavy atom. The van der Waals surface area contributed by atoms with Crippen LogP contribution in [0.25, 0.3) is 0 Å². The van der Waals surface area contributed by atoms with Crippen molar-refractivity contribution in [3.05, 3.63) is 6.92 Å². The fraction of sp³-hybridized carbons (Fsp3) is 0.667. The van der Waals surface area contributed by atoms with Crippen molar-refractivity contribution in [1.82, 2.24) is 0 Å². The molecule has 1 radical (unpaired) electrons. The number of rotatable bonds is 0. The number of hydrogen-bond donors (Lipinski definition) is 0. The van der Waals surface area contributed by atoms with Gasteiger partial charge in [0.2, 0.25) is 0 Å². The van der Waals surface area contributed by atoms with E-state index in [2.05, 4.69) is 6.92 Å². The first-order valence-corrected chi connectivity index (χ1v) is 1.21. The molecule has 0 nitrogen and oxygen atoms in total. The predicted octanol–water partition coefficient (Wildman–Crippen LogP) is 1.29. The van der Waals surface area contributed by atoms with Crippen molar-refractivity contribution >= 4 is 9.90 Å². The average molecular weight is 269 g/mol. The van der Waals surface area contributed by atoms with Gasteiger partial charge in [0, 0.05) is 20.1 Å². The van der Waals surface area contributed by atoms with Crippen LogP contribution >= 0.6 is 9.90 Å². The van der Waals surface area contributed by atoms with Gasteiger partial charge in [-0.2, -0.15) is 16.3 Å². The van der Waals surface area contributed by atoms with Gasteiger partial charge in [-0.05, 0) is 0 Å². The van der Waals surface area contributed by atoms with Gasteiger partial charge in [-0.15, -0.1) is 0 Å². The Labute approximate surface area is 50.7 Å². The molecule has 0 rings (SSSR count). The molecule has 1 atom stereocenters. The van der Waals surface area contributed by atoms with E-state index in [1.165, 1.54) is 0 Å². The standard InChI is InChI=1S/C3H7.Ir.H3P/c1-3-2;;/h1,3H2,2H3;;1H3/q-1;;. The van der Waals surface area contributed by atoms with E-state index in [1.807, 2.05) is 6.92 Å². The number of hydrogen-bond acceptors (Lipinski definition) is 0. The van der Waals surface area contributed by atoms with E-state index in [0.717, 1.165) is 6.42 Å². The van der Waals surface area contributed by atoms with Gasteiger partial charge >= 0.3 is 0 Å². The molecule has 5 heavy (non-hydrogen) atoms. The van der Waals surface area contributed by atoms with Crippen molar-refractivity contribution in [1.29, 1.82) is 0 Å². The molecule has 0 aromatic rings. The zero-order chi connectivity index (χ0) is 2.71. The molecule has 2 heteroatoms. The molecule has 37 valence electrons. The molecule has 0 amide bonds. The molecule has 1 unspecified atom stereocenters. The van der Waals surface area contributed by atoms with Gasteiger partial charge in [-0.3, -0.25) is 0 Å². The van der Waals surface area contributed by atoms with E-state index in [9.17, 15) is 0 Å². The maximum Gasteiger partial charge on any atom is 0 e. The fourth-order valence-electron chi connectivity index (χ4n) is 0. The minimum Gasteiger partial charge on any atom is -0.344 e. The smallest absolute Gasteiger partial charge is 0 e. The zero-order valence-corrected chi connectivity index (χ0v) is 7.26. The molecule has 0 saturated carbocycles. The third kappa shape index (κ3) is 41.3. The maximum absolute atomic E-state index is 3.49. The van der Waals surface area contributed by atoms with Crippen molar-refractivity contribution in [2.45, 2.75) is 13.3 Å². The molecule has 0 N–H and O–H groups in total. The monoisotopic (exact) mass is 270 g/mol. The minimum absolute atomic E-state index is 0. The van der Waals surface area contributed by atoms with Crippen molar-refractivity contribution in [2.24, 2.45) is 0 Å². The van der Waals surface area contributed by atoms with E-state index in [0.29, 0.717) is 0 Å². The van der Waals surface area contributed by atoms with E-state index >= 15 is 0 Å². The van der Waals surface area contributed by atoms with Crippen LogP contribution in [0.1, 0.15) is 13.3 Å². The molecular weight excluding hydrogens is 259 g/mol. The summed E-state index contributed by atoms with van der Waals surface area (Å²) in [5.41, 5.74) is 0. The van der Waals surface area contributed by atoms with Crippen molar-refractivity contribution in [2.75, 3.05) is 0 Å². The summed E-state index contributed by atoms with van der Waals surface area (Å²) in [6.07, 6.45) is 1.00. The summed E-state index contributed by atoms with van der Waals surface area (Å²) in [5, 5.41) is 0. The van der Waals surface area contributed by atoms with Gasteiger partial charge in [0.15, 0.2) is 0 Å². The van der Waals surface area contributed by atoms with Crippen LogP contribution in [0.5, 0.6) is 0 Å². The summed E-state index contributed by atoms with van der Waals surface area (Å²) in [5.74, 6) is 0. The van der Waals surface area contributed by atoms with Gasteiger partial charge in [0.05, 0.1) is 0 Å². The van der Waals surface area contributed by atoms with Crippen LogP contribution < -0.4 is 0 Å². The van der Waals surface area contributed by atoms with Crippen LogP contribution in [0.3, 0.4) is 0 Å². The van der Waals surface area contributed by atoms with Crippen molar-refractivity contribution < 1.29 is 20.1 Å². The van der Waals surface area contributed by atoms with E-state index in [4.69, 9.17) is 0 Å². The molecule has 0 spiro atoms. The first-order chi connectivity index (χ1) is 1.41. The molecule has 0 bridgehead atoms. The fourth-order valence-corrected chi connectivity index (χ4v) is 0. The third-order valence-corrected chi connectivity index (χ3v) is 0. The Kier molecular flexibility index (Phi) is 64.7. The Morgan fingerprint density at radius 3 is 1.60 bits per heavy atom. The quantitative estimate of drug-likeness (QED) is 0.459. The average Bonchev–Trinajstić information content (AvgIpc) is 0.918. The molecule has 0 aromatic heterocycles. The van der Waals surface area contributed by atoms with E-state index in [-0.39, 0.29) is 30.0 Å². The van der Waals surface area contributed by atoms with Gasteiger partial charge < -0.3 is 6.92 Å². The maximum atomic E-state index is 3.49. The van der Waals surface area contributed by atoms with Crippen LogP contribution in [0.2, 0.25) is 0 Å². The summed E-state index contributed by atoms with van der Waals surface area (Å²) in [7, 11) is 0. The molecule has 0 aliphatic heterocycles. The summed E-state index contributed by atoms with van der Waals surface area (Å²) in [4.78, 5) is 0. The van der Waals surface area contributed by atoms with Crippen LogP contribution in [0, 0.1) is 6.92 Å². The largest absolute Gasteiger partial charge is 0.344 e. The van der Waals surface area contributed by atoms with Crippen LogP contribution in [0.15, 0.2) is 0 Å². The van der Waals surface area contributed by atoms with Gasteiger partial charge in [0.1, 0.15) is 0 Å². The van der Waals surface area contributed by atoms with Crippen molar-refractivity contribution in [3.63, 3.8) is 0 Å². The normalized spacial score (nSPS) is 3.60. The Balaban J connectivity index is -0.0000000200. The van der Waals surface area contributed by atoms with Crippen LogP contribution in [0.4, 0.5) is 0 Å². The van der Waals surface area contributed by atoms with E-state index < -0.39 is 0 Å². The molecular formula is C3H10IrP-. The molecule has 0 heterocycles. The molecule has 0 fully saturated rings. The Bertz CT molecular complexity index is 6.85. The second kappa shape index (κ2) is 19.5. The van der Waals surface area contributed by atoms with Crippen LogP contribution in [-0.4, -0.2) is 0 Å². The third-order valence-electron chi connectivity index (χ3n) is 0. The molecule has 0 aliphatic carbocycles. The SMILES string of the molecule is P.[CH2-]CC.[Ir]. The Hall–Kier alpha value is 1.08. The second-order valence-corrected chi connectivity index (χ2v) is 0.500. The minimum atomic E-state index is 0. The summed E-state index contributed by atoms with van der Waals surface area (Å²) >= 11 is 0. The topological polar surface area (TPSA) is 0 Å². The van der Waals surface area contributed by atoms with Gasteiger partial charge in [-0.25, -0.2) is 0 Å². The first kappa shape index (κ1) is 16.5. The molecule has 0 aliphatic rings. The molecule has 0 saturated heterocycles. The van der Waals surface area contributed by atoms with Crippen molar-refractivity contribution in [3.8, 4) is 0 Å². The van der Waals surface area contributed by atoms with Gasteiger partial charge in [0.25, 0.3) is 0 Å². The first-order valence-electron chi connectivity index (χ1n) is 1.21. The summed E-state index contributed by atoms with van der Waals surface area (Å²) in [6, 6.07) is 0. The summed E-state index contributed by atoms with van der Waals surface area (Å²) in [6.45, 7) is 5.50. The second-order valence-electron chi connectivity index (χ2n) is 0.500. The van der Waals surface area contributed by atoms with Gasteiger partial charge in [-0.1, -0.05) is 6.92 Å². The molecule has 0 aromatic carbocycles. The Morgan fingerprint density at radius 2 is 1.60 bits per heavy atom. The predicted molar refractivity (Wildman–Crippen MR) is 26.8 cm³/mol. The zero-order valence-electron chi connectivity index (χ0n) is 3.45. The summed E-state index contributed by atoms with van der Waals surface area (Å²) < 4.78 is 0. The van der Waals surface area contributed by atoms with Crippen LogP contribution in [-0.2, 0) is 20.1 Å². The van der Waals surface area contributed by atoms with E-state index in [1.54, 1.807) is 0 Å².